The third-order valence-electron chi connectivity index (χ3n) is 1.91. The van der Waals surface area contributed by atoms with Crippen LogP contribution in [0, 0.1) is 6.92 Å². The fourth-order valence-electron chi connectivity index (χ4n) is 1.04. The van der Waals surface area contributed by atoms with Crippen LogP contribution in [0.25, 0.3) is 0 Å². The summed E-state index contributed by atoms with van der Waals surface area (Å²) in [5.74, 6) is 7.13. The fourth-order valence-corrected chi connectivity index (χ4v) is 2.10. The van der Waals surface area contributed by atoms with Crippen LogP contribution < -0.4 is 11.3 Å². The summed E-state index contributed by atoms with van der Waals surface area (Å²) in [6.45, 7) is 4.16. The number of hydrazine groups is 1. The van der Waals surface area contributed by atoms with Crippen LogP contribution in [0.5, 0.6) is 0 Å². The Kier molecular flexibility index (Phi) is 4.69. The summed E-state index contributed by atoms with van der Waals surface area (Å²) in [7, 11) is 0. The quantitative estimate of drug-likeness (QED) is 0.257. The Bertz CT molecular complexity index is 290. The summed E-state index contributed by atoms with van der Waals surface area (Å²) in [5, 5.41) is 1.02. The lowest BCUT2D eigenvalue weighted by Gasteiger charge is -2.07. The molecule has 0 fully saturated rings. The topological polar surface area (TPSA) is 63.8 Å². The van der Waals surface area contributed by atoms with Crippen LogP contribution in [0.2, 0.25) is 0 Å². The second-order valence-electron chi connectivity index (χ2n) is 3.00. The molecule has 0 saturated carbocycles. The van der Waals surface area contributed by atoms with Gasteiger partial charge in [0.1, 0.15) is 17.2 Å². The highest BCUT2D eigenvalue weighted by Crippen LogP contribution is 2.23. The monoisotopic (exact) mass is 212 g/mol. The smallest absolute Gasteiger partial charge is 0.147 e. The zero-order valence-electron chi connectivity index (χ0n) is 8.58. The number of hydrogen-bond acceptors (Lipinski definition) is 5. The first-order chi connectivity index (χ1) is 6.79. The Morgan fingerprint density at radius 2 is 2.29 bits per heavy atom. The van der Waals surface area contributed by atoms with E-state index >= 15 is 0 Å². The SMILES string of the molecule is CCCCSc1ncnc(NN)c1C. The van der Waals surface area contributed by atoms with E-state index in [9.17, 15) is 0 Å². The van der Waals surface area contributed by atoms with Crippen molar-refractivity contribution < 1.29 is 0 Å². The fraction of sp³-hybridized carbons (Fsp3) is 0.556. The molecule has 0 bridgehead atoms. The van der Waals surface area contributed by atoms with Gasteiger partial charge in [0, 0.05) is 5.56 Å². The number of rotatable bonds is 5. The van der Waals surface area contributed by atoms with E-state index < -0.39 is 0 Å². The maximum absolute atomic E-state index is 5.32. The van der Waals surface area contributed by atoms with Gasteiger partial charge >= 0.3 is 0 Å². The van der Waals surface area contributed by atoms with E-state index in [1.165, 1.54) is 19.2 Å². The summed E-state index contributed by atoms with van der Waals surface area (Å²) >= 11 is 1.75. The van der Waals surface area contributed by atoms with Crippen LogP contribution in [0.1, 0.15) is 25.3 Å². The van der Waals surface area contributed by atoms with Crippen molar-refractivity contribution in [3.05, 3.63) is 11.9 Å². The standard InChI is InChI=1S/C9H16N4S/c1-3-4-5-14-9-7(2)8(13-10)11-6-12-9/h6H,3-5,10H2,1-2H3,(H,11,12,13). The predicted octanol–water partition coefficient (Wildman–Crippen LogP) is 1.96. The van der Waals surface area contributed by atoms with E-state index in [0.29, 0.717) is 5.82 Å². The van der Waals surface area contributed by atoms with Crippen LogP contribution >= 0.6 is 11.8 Å². The zero-order valence-corrected chi connectivity index (χ0v) is 9.40. The van der Waals surface area contributed by atoms with Crippen molar-refractivity contribution in [3.63, 3.8) is 0 Å². The Labute approximate surface area is 88.7 Å². The number of thioether (sulfide) groups is 1. The summed E-state index contributed by atoms with van der Waals surface area (Å²) < 4.78 is 0. The molecule has 1 aromatic heterocycles. The number of nitrogens with one attached hydrogen (secondary N) is 1. The first kappa shape index (κ1) is 11.3. The molecule has 14 heavy (non-hydrogen) atoms. The minimum Gasteiger partial charge on any atom is -0.308 e. The summed E-state index contributed by atoms with van der Waals surface area (Å²) in [4.78, 5) is 8.24. The van der Waals surface area contributed by atoms with Gasteiger partial charge in [-0.15, -0.1) is 11.8 Å². The molecule has 0 radical (unpaired) electrons. The van der Waals surface area contributed by atoms with E-state index in [-0.39, 0.29) is 0 Å². The first-order valence-corrected chi connectivity index (χ1v) is 5.69. The number of nitrogens with zero attached hydrogens (tertiary/aromatic N) is 2. The maximum atomic E-state index is 5.32. The minimum absolute atomic E-state index is 0.707. The van der Waals surface area contributed by atoms with Gasteiger partial charge in [0.25, 0.3) is 0 Å². The largest absolute Gasteiger partial charge is 0.308 e. The molecule has 1 rings (SSSR count). The van der Waals surface area contributed by atoms with Crippen molar-refractivity contribution >= 4 is 17.6 Å². The molecule has 0 saturated heterocycles. The number of nitrogen functional groups attached to an aromatic ring is 1. The van der Waals surface area contributed by atoms with Gasteiger partial charge in [0.15, 0.2) is 0 Å². The minimum atomic E-state index is 0.707. The predicted molar refractivity (Wildman–Crippen MR) is 60.2 cm³/mol. The van der Waals surface area contributed by atoms with Crippen molar-refractivity contribution in [2.45, 2.75) is 31.7 Å². The molecule has 0 atom stereocenters. The van der Waals surface area contributed by atoms with E-state index in [0.717, 1.165) is 16.3 Å². The molecular weight excluding hydrogens is 196 g/mol. The van der Waals surface area contributed by atoms with E-state index in [1.54, 1.807) is 11.8 Å². The number of unbranched alkanes of at least 4 members (excludes halogenated alkanes) is 1. The molecule has 1 aromatic rings. The normalized spacial score (nSPS) is 10.2. The summed E-state index contributed by atoms with van der Waals surface area (Å²) in [6.07, 6.45) is 3.95. The average molecular weight is 212 g/mol. The second kappa shape index (κ2) is 5.82. The molecule has 3 N–H and O–H groups in total. The molecule has 1 heterocycles. The number of hydrogen-bond donors (Lipinski definition) is 2. The van der Waals surface area contributed by atoms with Gasteiger partial charge in [-0.3, -0.25) is 0 Å². The van der Waals surface area contributed by atoms with E-state index in [1.807, 2.05) is 6.92 Å². The van der Waals surface area contributed by atoms with Crippen LogP contribution in [0.4, 0.5) is 5.82 Å². The Hall–Kier alpha value is -0.810. The Balaban J connectivity index is 2.66. The highest BCUT2D eigenvalue weighted by atomic mass is 32.2. The van der Waals surface area contributed by atoms with Gasteiger partial charge in [0.2, 0.25) is 0 Å². The first-order valence-electron chi connectivity index (χ1n) is 4.70. The number of anilines is 1. The highest BCUT2D eigenvalue weighted by Gasteiger charge is 2.05. The Morgan fingerprint density at radius 3 is 2.93 bits per heavy atom. The van der Waals surface area contributed by atoms with Crippen LogP contribution in [0.15, 0.2) is 11.4 Å². The van der Waals surface area contributed by atoms with Crippen LogP contribution in [-0.2, 0) is 0 Å². The molecule has 0 amide bonds. The van der Waals surface area contributed by atoms with Crippen molar-refractivity contribution in [3.8, 4) is 0 Å². The molecule has 0 aliphatic carbocycles. The molecule has 5 heteroatoms. The molecular formula is C9H16N4S. The van der Waals surface area contributed by atoms with Crippen molar-refractivity contribution in [2.75, 3.05) is 11.2 Å². The van der Waals surface area contributed by atoms with Gasteiger partial charge in [-0.05, 0) is 19.1 Å². The van der Waals surface area contributed by atoms with Gasteiger partial charge in [-0.2, -0.15) is 0 Å². The zero-order chi connectivity index (χ0) is 10.4. The molecule has 78 valence electrons. The van der Waals surface area contributed by atoms with Crippen molar-refractivity contribution in [2.24, 2.45) is 5.84 Å². The molecule has 0 spiro atoms. The second-order valence-corrected chi connectivity index (χ2v) is 4.08. The van der Waals surface area contributed by atoms with Gasteiger partial charge in [0.05, 0.1) is 0 Å². The summed E-state index contributed by atoms with van der Waals surface area (Å²) in [6, 6.07) is 0. The van der Waals surface area contributed by atoms with Crippen molar-refractivity contribution in [1.82, 2.24) is 9.97 Å². The van der Waals surface area contributed by atoms with Gasteiger partial charge in [-0.25, -0.2) is 15.8 Å². The number of nitrogens with two attached hydrogens (primary N) is 1. The maximum Gasteiger partial charge on any atom is 0.147 e. The van der Waals surface area contributed by atoms with Crippen molar-refractivity contribution in [1.29, 1.82) is 0 Å². The molecule has 0 aliphatic heterocycles. The molecule has 0 aromatic carbocycles. The van der Waals surface area contributed by atoms with E-state index in [2.05, 4.69) is 22.3 Å². The number of aromatic nitrogens is 2. The lowest BCUT2D eigenvalue weighted by atomic mass is 10.3. The van der Waals surface area contributed by atoms with Crippen LogP contribution in [0.3, 0.4) is 0 Å². The highest BCUT2D eigenvalue weighted by molar-refractivity contribution is 7.99. The van der Waals surface area contributed by atoms with Gasteiger partial charge in [-0.1, -0.05) is 13.3 Å². The lowest BCUT2D eigenvalue weighted by Crippen LogP contribution is -2.10. The molecule has 4 nitrogen and oxygen atoms in total. The molecule has 0 aliphatic rings. The Morgan fingerprint density at radius 1 is 1.50 bits per heavy atom. The van der Waals surface area contributed by atoms with Crippen LogP contribution in [-0.4, -0.2) is 15.7 Å². The van der Waals surface area contributed by atoms with Gasteiger partial charge < -0.3 is 5.43 Å². The van der Waals surface area contributed by atoms with E-state index in [4.69, 9.17) is 5.84 Å². The third kappa shape index (κ3) is 2.85. The average Bonchev–Trinajstić information content (AvgIpc) is 2.21. The molecule has 0 unspecified atom stereocenters. The lowest BCUT2D eigenvalue weighted by molar-refractivity contribution is 0.892. The summed E-state index contributed by atoms with van der Waals surface area (Å²) in [5.41, 5.74) is 3.59. The third-order valence-corrected chi connectivity index (χ3v) is 3.09.